The van der Waals surface area contributed by atoms with Gasteiger partial charge in [-0.15, -0.1) is 0 Å². The van der Waals surface area contributed by atoms with Crippen molar-refractivity contribution in [3.8, 4) is 0 Å². The van der Waals surface area contributed by atoms with E-state index in [0.29, 0.717) is 0 Å². The minimum atomic E-state index is 1.28. The van der Waals surface area contributed by atoms with Crippen LogP contribution >= 0.6 is 16.5 Å². The Labute approximate surface area is 158 Å². The van der Waals surface area contributed by atoms with Crippen molar-refractivity contribution in [2.45, 2.75) is 129 Å². The summed E-state index contributed by atoms with van der Waals surface area (Å²) in [7, 11) is 2.57. The summed E-state index contributed by atoms with van der Waals surface area (Å²) in [5.41, 5.74) is 0. The van der Waals surface area contributed by atoms with Crippen molar-refractivity contribution in [1.29, 1.82) is 0 Å². The molecule has 0 aromatic heterocycles. The fourth-order valence-electron chi connectivity index (χ4n) is 3.22. The van der Waals surface area contributed by atoms with Crippen molar-refractivity contribution in [2.75, 3.05) is 12.3 Å². The molecule has 0 radical (unpaired) electrons. The lowest BCUT2D eigenvalue weighted by molar-refractivity contribution is 0.573. The molecule has 0 fully saturated rings. The van der Waals surface area contributed by atoms with Gasteiger partial charge in [-0.2, -0.15) is 0 Å². The van der Waals surface area contributed by atoms with E-state index in [0.717, 1.165) is 0 Å². The van der Waals surface area contributed by atoms with Crippen molar-refractivity contribution in [1.82, 2.24) is 0 Å². The molecular formula is C22H48P2. The van der Waals surface area contributed by atoms with Gasteiger partial charge in [0.2, 0.25) is 0 Å². The van der Waals surface area contributed by atoms with Crippen molar-refractivity contribution in [3.63, 3.8) is 0 Å². The Bertz CT molecular complexity index is 184. The maximum Gasteiger partial charge on any atom is -0.0317 e. The molecule has 0 saturated carbocycles. The van der Waals surface area contributed by atoms with Crippen LogP contribution in [-0.4, -0.2) is 12.3 Å². The zero-order valence-corrected chi connectivity index (χ0v) is 19.1. The van der Waals surface area contributed by atoms with Gasteiger partial charge in [-0.3, -0.25) is 0 Å². The van der Waals surface area contributed by atoms with Gasteiger partial charge < -0.3 is 0 Å². The SMILES string of the molecule is CCCCCCCCCCCPPCCCCCCCCCCC. The minimum Gasteiger partial charge on any atom is -0.0992 e. The van der Waals surface area contributed by atoms with Crippen LogP contribution in [0.15, 0.2) is 0 Å². The molecule has 0 nitrogen and oxygen atoms in total. The predicted octanol–water partition coefficient (Wildman–Crippen LogP) is 9.32. The van der Waals surface area contributed by atoms with E-state index < -0.39 is 0 Å². The van der Waals surface area contributed by atoms with Crippen LogP contribution < -0.4 is 0 Å². The second kappa shape index (κ2) is 23.9. The van der Waals surface area contributed by atoms with Crippen LogP contribution in [0.3, 0.4) is 0 Å². The fraction of sp³-hybridized carbons (Fsp3) is 1.00. The van der Waals surface area contributed by atoms with Gasteiger partial charge in [-0.25, -0.2) is 0 Å². The van der Waals surface area contributed by atoms with Gasteiger partial charge in [0, 0.05) is 0 Å². The van der Waals surface area contributed by atoms with E-state index in [1.54, 1.807) is 0 Å². The average Bonchev–Trinajstić information content (AvgIpc) is 2.60. The third-order valence-electron chi connectivity index (χ3n) is 4.94. The summed E-state index contributed by atoms with van der Waals surface area (Å²) in [6.45, 7) is 4.61. The molecule has 0 aromatic rings. The number of hydrogen-bond acceptors (Lipinski definition) is 0. The van der Waals surface area contributed by atoms with Gasteiger partial charge in [-0.1, -0.05) is 133 Å². The number of hydrogen-bond donors (Lipinski definition) is 0. The molecule has 0 spiro atoms. The van der Waals surface area contributed by atoms with Gasteiger partial charge in [0.15, 0.2) is 0 Å². The van der Waals surface area contributed by atoms with Crippen LogP contribution in [0.4, 0.5) is 0 Å². The second-order valence-electron chi connectivity index (χ2n) is 7.51. The van der Waals surface area contributed by atoms with E-state index in [1.165, 1.54) is 144 Å². The summed E-state index contributed by atoms with van der Waals surface area (Å²) >= 11 is 0. The molecule has 0 saturated heterocycles. The van der Waals surface area contributed by atoms with Crippen molar-refractivity contribution < 1.29 is 0 Å². The molecule has 0 bridgehead atoms. The van der Waals surface area contributed by atoms with E-state index in [9.17, 15) is 0 Å². The van der Waals surface area contributed by atoms with E-state index in [-0.39, 0.29) is 0 Å². The molecule has 0 aliphatic heterocycles. The van der Waals surface area contributed by atoms with E-state index >= 15 is 0 Å². The Morgan fingerprint density at radius 3 is 0.875 bits per heavy atom. The predicted molar refractivity (Wildman–Crippen MR) is 121 cm³/mol. The first kappa shape index (κ1) is 24.9. The smallest absolute Gasteiger partial charge is 0.0317 e. The molecule has 0 aliphatic rings. The molecule has 0 aromatic carbocycles. The molecule has 2 unspecified atom stereocenters. The quantitative estimate of drug-likeness (QED) is 0.139. The molecule has 0 heterocycles. The monoisotopic (exact) mass is 374 g/mol. The first-order valence-electron chi connectivity index (χ1n) is 11.4. The summed E-state index contributed by atoms with van der Waals surface area (Å²) in [6.07, 6.45) is 29.6. The van der Waals surface area contributed by atoms with E-state index in [2.05, 4.69) is 13.8 Å². The lowest BCUT2D eigenvalue weighted by Gasteiger charge is -2.04. The highest BCUT2D eigenvalue weighted by Gasteiger charge is 1.95. The van der Waals surface area contributed by atoms with Crippen LogP contribution in [0, 0.1) is 0 Å². The Morgan fingerprint density at radius 1 is 0.333 bits per heavy atom. The highest BCUT2D eigenvalue weighted by molar-refractivity contribution is 8.11. The maximum atomic E-state index is 2.30. The van der Waals surface area contributed by atoms with Gasteiger partial charge in [0.1, 0.15) is 0 Å². The van der Waals surface area contributed by atoms with Crippen molar-refractivity contribution in [3.05, 3.63) is 0 Å². The lowest BCUT2D eigenvalue weighted by Crippen LogP contribution is -1.83. The van der Waals surface area contributed by atoms with Crippen molar-refractivity contribution >= 4 is 16.5 Å². The van der Waals surface area contributed by atoms with Gasteiger partial charge in [0.05, 0.1) is 0 Å². The summed E-state index contributed by atoms with van der Waals surface area (Å²) in [5.74, 6) is 0. The van der Waals surface area contributed by atoms with Gasteiger partial charge in [-0.05, 0) is 25.2 Å². The van der Waals surface area contributed by atoms with Gasteiger partial charge >= 0.3 is 0 Å². The molecule has 2 heteroatoms. The highest BCUT2D eigenvalue weighted by atomic mass is 32.0. The topological polar surface area (TPSA) is 0 Å². The molecule has 0 rings (SSSR count). The summed E-state index contributed by atoms with van der Waals surface area (Å²) in [6, 6.07) is 0. The molecule has 2 atom stereocenters. The molecule has 146 valence electrons. The third kappa shape index (κ3) is 22.9. The molecular weight excluding hydrogens is 326 g/mol. The largest absolute Gasteiger partial charge is 0.0992 e. The van der Waals surface area contributed by atoms with Crippen molar-refractivity contribution in [2.24, 2.45) is 0 Å². The Kier molecular flexibility index (Phi) is 24.7. The summed E-state index contributed by atoms with van der Waals surface area (Å²) in [5, 5.41) is 0. The van der Waals surface area contributed by atoms with Crippen LogP contribution in [0.25, 0.3) is 0 Å². The maximum absolute atomic E-state index is 2.30. The standard InChI is InChI=1S/C22H48P2/c1-3-5-7-9-11-13-15-17-19-21-23-24-22-20-18-16-14-12-10-8-6-4-2/h23-24H,3-22H2,1-2H3. The Hall–Kier alpha value is 0.860. The summed E-state index contributed by atoms with van der Waals surface area (Å²) < 4.78 is 0. The molecule has 0 amide bonds. The summed E-state index contributed by atoms with van der Waals surface area (Å²) in [4.78, 5) is 0. The first-order valence-corrected chi connectivity index (χ1v) is 14.8. The van der Waals surface area contributed by atoms with Gasteiger partial charge in [0.25, 0.3) is 0 Å². The van der Waals surface area contributed by atoms with Crippen LogP contribution in [0.5, 0.6) is 0 Å². The molecule has 24 heavy (non-hydrogen) atoms. The van der Waals surface area contributed by atoms with Crippen LogP contribution in [-0.2, 0) is 0 Å². The average molecular weight is 375 g/mol. The van der Waals surface area contributed by atoms with E-state index in [4.69, 9.17) is 0 Å². The first-order chi connectivity index (χ1) is 11.9. The lowest BCUT2D eigenvalue weighted by atomic mass is 10.1. The fourth-order valence-corrected chi connectivity index (χ4v) is 6.55. The zero-order valence-electron chi connectivity index (χ0n) is 17.1. The Morgan fingerprint density at radius 2 is 0.583 bits per heavy atom. The van der Waals surface area contributed by atoms with Crippen LogP contribution in [0.1, 0.15) is 129 Å². The molecule has 0 N–H and O–H groups in total. The highest BCUT2D eigenvalue weighted by Crippen LogP contribution is 2.38. The zero-order chi connectivity index (χ0) is 17.6. The number of rotatable bonds is 21. The van der Waals surface area contributed by atoms with E-state index in [1.807, 2.05) is 0 Å². The second-order valence-corrected chi connectivity index (χ2v) is 11.3. The third-order valence-corrected chi connectivity index (χ3v) is 8.64. The normalized spacial score (nSPS) is 12.2. The minimum absolute atomic E-state index is 1.28. The molecule has 0 aliphatic carbocycles. The van der Waals surface area contributed by atoms with Crippen LogP contribution in [0.2, 0.25) is 0 Å². The Balaban J connectivity index is 2.93. The number of unbranched alkanes of at least 4 members (excludes halogenated alkanes) is 16.